The average molecular weight is 179 g/mol. The Hall–Kier alpha value is 1.19. The van der Waals surface area contributed by atoms with E-state index in [-0.39, 0.29) is 35.5 Å². The van der Waals surface area contributed by atoms with Crippen molar-refractivity contribution in [2.45, 2.75) is 6.55 Å². The Kier molecular flexibility index (Phi) is 13.5. The SMILES string of the molecule is [CH2-][Si](C)(OC)OC.[Cl-].[Mg+2]. The Bertz CT molecular complexity index is 56.5. The van der Waals surface area contributed by atoms with Gasteiger partial charge in [0.1, 0.15) is 0 Å². The third-order valence-corrected chi connectivity index (χ3v) is 2.59. The van der Waals surface area contributed by atoms with Crippen LogP contribution in [0.3, 0.4) is 0 Å². The van der Waals surface area contributed by atoms with Gasteiger partial charge in [0, 0.05) is 14.2 Å². The first kappa shape index (κ1) is 16.6. The molecule has 0 saturated carbocycles. The molecule has 0 aromatic rings. The second-order valence-corrected chi connectivity index (χ2v) is 4.63. The van der Waals surface area contributed by atoms with Gasteiger partial charge in [-0.3, -0.25) is 6.55 Å². The van der Waals surface area contributed by atoms with E-state index in [0.717, 1.165) is 0 Å². The maximum atomic E-state index is 4.89. The average Bonchev–Trinajstić information content (AvgIpc) is 1.68. The Morgan fingerprint density at radius 3 is 1.44 bits per heavy atom. The number of halogens is 1. The summed E-state index contributed by atoms with van der Waals surface area (Å²) in [5, 5.41) is 0. The topological polar surface area (TPSA) is 18.5 Å². The predicted molar refractivity (Wildman–Crippen MR) is 36.7 cm³/mol. The van der Waals surface area contributed by atoms with Crippen LogP contribution >= 0.6 is 0 Å². The minimum Gasteiger partial charge on any atom is -1.00 e. The van der Waals surface area contributed by atoms with Crippen molar-refractivity contribution in [2.75, 3.05) is 14.2 Å². The molecule has 0 aromatic carbocycles. The smallest absolute Gasteiger partial charge is 1.00 e. The summed E-state index contributed by atoms with van der Waals surface area (Å²) in [6.07, 6.45) is 0. The first-order valence-electron chi connectivity index (χ1n) is 2.08. The molecule has 0 bridgehead atoms. The Labute approximate surface area is 80.1 Å². The summed E-state index contributed by atoms with van der Waals surface area (Å²) in [6.45, 7) is 5.58. The van der Waals surface area contributed by atoms with E-state index in [1.54, 1.807) is 14.2 Å². The molecule has 0 rings (SSSR count). The van der Waals surface area contributed by atoms with Crippen molar-refractivity contribution in [1.29, 1.82) is 0 Å². The Balaban J connectivity index is -0.000000180. The van der Waals surface area contributed by atoms with Gasteiger partial charge in [0.25, 0.3) is 0 Å². The van der Waals surface area contributed by atoms with E-state index in [0.29, 0.717) is 0 Å². The first-order chi connectivity index (χ1) is 3.12. The molecular weight excluding hydrogens is 168 g/mol. The molecule has 0 heterocycles. The van der Waals surface area contributed by atoms with E-state index in [1.165, 1.54) is 0 Å². The van der Waals surface area contributed by atoms with E-state index in [1.807, 2.05) is 6.55 Å². The fourth-order valence-corrected chi connectivity index (χ4v) is 0.250. The molecule has 0 amide bonds. The summed E-state index contributed by atoms with van der Waals surface area (Å²) < 4.78 is 9.78. The van der Waals surface area contributed by atoms with Crippen molar-refractivity contribution in [3.63, 3.8) is 0 Å². The van der Waals surface area contributed by atoms with Crippen molar-refractivity contribution in [1.82, 2.24) is 0 Å². The molecule has 0 atom stereocenters. The Morgan fingerprint density at radius 1 is 1.22 bits per heavy atom. The second kappa shape index (κ2) is 7.30. The molecule has 0 radical (unpaired) electrons. The zero-order valence-electron chi connectivity index (χ0n) is 6.11. The molecule has 0 unspecified atom stereocenters. The van der Waals surface area contributed by atoms with Crippen LogP contribution in [0.5, 0.6) is 0 Å². The molecule has 2 nitrogen and oxygen atoms in total. The number of hydrogen-bond acceptors (Lipinski definition) is 2. The van der Waals surface area contributed by atoms with Crippen LogP contribution in [0.2, 0.25) is 6.55 Å². The van der Waals surface area contributed by atoms with Crippen molar-refractivity contribution < 1.29 is 21.3 Å². The maximum Gasteiger partial charge on any atom is 2.00 e. The van der Waals surface area contributed by atoms with Crippen molar-refractivity contribution in [2.24, 2.45) is 0 Å². The van der Waals surface area contributed by atoms with Crippen LogP contribution in [-0.2, 0) is 8.85 Å². The van der Waals surface area contributed by atoms with Gasteiger partial charge in [-0.15, -0.1) is 0 Å². The largest absolute Gasteiger partial charge is 2.00 e. The summed E-state index contributed by atoms with van der Waals surface area (Å²) in [4.78, 5) is 0. The molecule has 5 heteroatoms. The molecule has 0 fully saturated rings. The van der Waals surface area contributed by atoms with Crippen molar-refractivity contribution in [3.8, 4) is 0 Å². The molecule has 52 valence electrons. The fourth-order valence-electron chi connectivity index (χ4n) is 0.0833. The summed E-state index contributed by atoms with van der Waals surface area (Å²) >= 11 is 0. The van der Waals surface area contributed by atoms with Crippen molar-refractivity contribution in [3.05, 3.63) is 6.55 Å². The minimum absolute atomic E-state index is 0. The number of rotatable bonds is 2. The summed E-state index contributed by atoms with van der Waals surface area (Å²) in [5.74, 6) is 0. The second-order valence-electron chi connectivity index (χ2n) is 1.54. The van der Waals surface area contributed by atoms with Gasteiger partial charge < -0.3 is 21.3 Å². The van der Waals surface area contributed by atoms with E-state index in [4.69, 9.17) is 8.85 Å². The number of hydrogen-bond donors (Lipinski definition) is 0. The first-order valence-corrected chi connectivity index (χ1v) is 4.60. The molecule has 0 N–H and O–H groups in total. The van der Waals surface area contributed by atoms with Crippen molar-refractivity contribution >= 4 is 31.6 Å². The zero-order valence-corrected chi connectivity index (χ0v) is 9.28. The van der Waals surface area contributed by atoms with Gasteiger partial charge in [-0.05, 0) is 6.55 Å². The molecule has 0 aliphatic carbocycles. The van der Waals surface area contributed by atoms with Gasteiger partial charge in [-0.1, -0.05) is 0 Å². The standard InChI is InChI=1S/C4H11O2Si.ClH.Mg/c1-5-7(3,4)6-2;;/h3H2,1-2,4H3;1H;/q-1;;+2/p-1. The third kappa shape index (κ3) is 9.19. The predicted octanol–water partition coefficient (Wildman–Crippen LogP) is -2.65. The Morgan fingerprint density at radius 2 is 1.44 bits per heavy atom. The van der Waals surface area contributed by atoms with Crippen LogP contribution in [0.15, 0.2) is 0 Å². The van der Waals surface area contributed by atoms with Gasteiger partial charge in [-0.2, -0.15) is 0 Å². The third-order valence-electron chi connectivity index (χ3n) is 0.864. The van der Waals surface area contributed by atoms with Crippen LogP contribution in [0.25, 0.3) is 0 Å². The van der Waals surface area contributed by atoms with Gasteiger partial charge in [0.2, 0.25) is 0 Å². The monoisotopic (exact) mass is 178 g/mol. The van der Waals surface area contributed by atoms with Crippen LogP contribution in [0.4, 0.5) is 0 Å². The van der Waals surface area contributed by atoms with E-state index < -0.39 is 8.56 Å². The van der Waals surface area contributed by atoms with Crippen LogP contribution in [0.1, 0.15) is 0 Å². The molecule has 0 aliphatic rings. The van der Waals surface area contributed by atoms with Gasteiger partial charge >= 0.3 is 23.1 Å². The van der Waals surface area contributed by atoms with Gasteiger partial charge in [0.15, 0.2) is 8.56 Å². The van der Waals surface area contributed by atoms with Crippen LogP contribution < -0.4 is 12.4 Å². The molecule has 0 aliphatic heterocycles. The summed E-state index contributed by atoms with van der Waals surface area (Å²) in [6, 6.07) is 0. The fraction of sp³-hybridized carbons (Fsp3) is 0.750. The van der Waals surface area contributed by atoms with E-state index >= 15 is 0 Å². The zero-order chi connectivity index (χ0) is 5.91. The quantitative estimate of drug-likeness (QED) is 0.340. The molecule has 0 aromatic heterocycles. The minimum atomic E-state index is -1.90. The molecule has 9 heavy (non-hydrogen) atoms. The van der Waals surface area contributed by atoms with E-state index in [2.05, 4.69) is 6.55 Å². The summed E-state index contributed by atoms with van der Waals surface area (Å²) in [5.41, 5.74) is 0. The molecule has 0 saturated heterocycles. The molecule has 0 spiro atoms. The normalized spacial score (nSPS) is 9.33. The maximum absolute atomic E-state index is 4.89. The van der Waals surface area contributed by atoms with E-state index in [9.17, 15) is 0 Å². The summed E-state index contributed by atoms with van der Waals surface area (Å²) in [7, 11) is 1.33. The molecular formula is C4H11ClMgO2Si. The van der Waals surface area contributed by atoms with Gasteiger partial charge in [0.05, 0.1) is 0 Å². The van der Waals surface area contributed by atoms with Crippen LogP contribution in [0, 0.1) is 6.55 Å². The van der Waals surface area contributed by atoms with Gasteiger partial charge in [-0.25, -0.2) is 0 Å². The van der Waals surface area contributed by atoms with Crippen LogP contribution in [-0.4, -0.2) is 45.8 Å².